The number of carbonyl (C=O) groups excluding carboxylic acids is 1. The summed E-state index contributed by atoms with van der Waals surface area (Å²) in [4.78, 5) is 14.4. The summed E-state index contributed by atoms with van der Waals surface area (Å²) in [6.45, 7) is 9.93. The monoisotopic (exact) mass is 516 g/mol. The first kappa shape index (κ1) is 27.1. The van der Waals surface area contributed by atoms with E-state index in [4.69, 9.17) is 32.1 Å². The quantitative estimate of drug-likeness (QED) is 0.442. The molecule has 0 fully saturated rings. The number of methoxy groups -OCH3 is 1. The second-order valence-electron chi connectivity index (χ2n) is 8.66. The molecule has 0 aromatic heterocycles. The van der Waals surface area contributed by atoms with Gasteiger partial charge in [0.1, 0.15) is 4.90 Å². The van der Waals surface area contributed by atoms with Gasteiger partial charge < -0.3 is 19.1 Å². The molecule has 0 aliphatic heterocycles. The van der Waals surface area contributed by atoms with Gasteiger partial charge in [0, 0.05) is 18.1 Å². The number of halogens is 2. The molecule has 7 nitrogen and oxygen atoms in total. The first-order valence-electron chi connectivity index (χ1n) is 10.4. The molecule has 0 aliphatic rings. The van der Waals surface area contributed by atoms with Crippen LogP contribution in [0, 0.1) is 0 Å². The first-order chi connectivity index (χ1) is 15.3. The number of carbonyl (C=O) groups is 1. The van der Waals surface area contributed by atoms with Crippen LogP contribution in [0.5, 0.6) is 11.5 Å². The van der Waals surface area contributed by atoms with Crippen molar-refractivity contribution in [3.63, 3.8) is 0 Å². The van der Waals surface area contributed by atoms with Crippen LogP contribution in [0.4, 0.5) is 4.79 Å². The first-order valence-corrected chi connectivity index (χ1v) is 12.6. The molecule has 0 saturated heterocycles. The molecule has 0 aliphatic carbocycles. The van der Waals surface area contributed by atoms with Gasteiger partial charge in [0.15, 0.2) is 11.5 Å². The maximum atomic E-state index is 12.9. The molecular formula is C23H30Cl2N2O5S. The van der Waals surface area contributed by atoms with E-state index in [0.29, 0.717) is 5.56 Å². The van der Waals surface area contributed by atoms with Gasteiger partial charge in [-0.25, -0.2) is 4.79 Å². The minimum atomic E-state index is -4.21. The molecule has 2 aromatic rings. The largest absolute Gasteiger partial charge is 0.493 e. The van der Waals surface area contributed by atoms with E-state index in [1.807, 2.05) is 34.6 Å². The van der Waals surface area contributed by atoms with E-state index in [1.165, 1.54) is 25.3 Å². The van der Waals surface area contributed by atoms with Crippen LogP contribution in [0.1, 0.15) is 46.6 Å². The number of ether oxygens (including phenoxy) is 1. The minimum absolute atomic E-state index is 0.00130. The third kappa shape index (κ3) is 7.42. The maximum Gasteiger partial charge on any atom is 0.339 e. The Hall–Kier alpha value is -2.16. The molecule has 0 radical (unpaired) electrons. The van der Waals surface area contributed by atoms with E-state index in [-0.39, 0.29) is 45.1 Å². The Balaban J connectivity index is 2.37. The fourth-order valence-electron chi connectivity index (χ4n) is 2.92. The Bertz CT molecular complexity index is 1100. The smallest absolute Gasteiger partial charge is 0.339 e. The molecule has 33 heavy (non-hydrogen) atoms. The highest BCUT2D eigenvalue weighted by molar-refractivity contribution is 7.87. The zero-order valence-electron chi connectivity index (χ0n) is 19.6. The highest BCUT2D eigenvalue weighted by atomic mass is 35.5. The van der Waals surface area contributed by atoms with Crippen molar-refractivity contribution in [1.82, 2.24) is 10.2 Å². The van der Waals surface area contributed by atoms with Crippen molar-refractivity contribution >= 4 is 39.4 Å². The molecule has 0 saturated carbocycles. The standard InChI is InChI=1S/C23H30Cl2N2O5S/c1-7-15(2)27(22(28)26-23(3,4)5)14-16-8-11-20(31-6)21(12-16)32-33(29,30)17-9-10-18(24)19(25)13-17/h8-13,15H,7,14H2,1-6H3,(H,26,28)/t15-/m1/s1. The van der Waals surface area contributed by atoms with Crippen LogP contribution in [-0.2, 0) is 16.7 Å². The van der Waals surface area contributed by atoms with Crippen LogP contribution in [0.15, 0.2) is 41.3 Å². The van der Waals surface area contributed by atoms with Gasteiger partial charge in [0.25, 0.3) is 0 Å². The average Bonchev–Trinajstić information content (AvgIpc) is 2.72. The number of nitrogens with one attached hydrogen (secondary N) is 1. The number of rotatable bonds is 8. The second kappa shape index (κ2) is 10.8. The fraction of sp³-hybridized carbons (Fsp3) is 0.435. The summed E-state index contributed by atoms with van der Waals surface area (Å²) in [5, 5.41) is 3.30. The lowest BCUT2D eigenvalue weighted by Gasteiger charge is -2.32. The number of hydrogen-bond acceptors (Lipinski definition) is 5. The topological polar surface area (TPSA) is 84.9 Å². The summed E-state index contributed by atoms with van der Waals surface area (Å²) < 4.78 is 36.3. The Morgan fingerprint density at radius 3 is 2.30 bits per heavy atom. The minimum Gasteiger partial charge on any atom is -0.493 e. The van der Waals surface area contributed by atoms with Crippen LogP contribution >= 0.6 is 23.2 Å². The zero-order chi connectivity index (χ0) is 25.0. The van der Waals surface area contributed by atoms with Gasteiger partial charge in [-0.15, -0.1) is 0 Å². The van der Waals surface area contributed by atoms with Crippen LogP contribution in [0.3, 0.4) is 0 Å². The lowest BCUT2D eigenvalue weighted by molar-refractivity contribution is 0.165. The average molecular weight is 517 g/mol. The van der Waals surface area contributed by atoms with E-state index < -0.39 is 15.7 Å². The summed E-state index contributed by atoms with van der Waals surface area (Å²) in [6, 6.07) is 8.57. The van der Waals surface area contributed by atoms with Gasteiger partial charge in [-0.05, 0) is 70.0 Å². The van der Waals surface area contributed by atoms with E-state index in [1.54, 1.807) is 23.1 Å². The zero-order valence-corrected chi connectivity index (χ0v) is 21.9. The Labute approximate surface area is 206 Å². The Morgan fingerprint density at radius 2 is 1.76 bits per heavy atom. The number of urea groups is 1. The van der Waals surface area contributed by atoms with Crippen LogP contribution in [-0.4, -0.2) is 38.0 Å². The summed E-state index contributed by atoms with van der Waals surface area (Å²) in [5.74, 6) is 0.234. The molecule has 1 N–H and O–H groups in total. The molecular weight excluding hydrogens is 487 g/mol. The van der Waals surface area contributed by atoms with Gasteiger partial charge >= 0.3 is 16.1 Å². The molecule has 182 valence electrons. The van der Waals surface area contributed by atoms with Crippen LogP contribution in [0.25, 0.3) is 0 Å². The summed E-state index contributed by atoms with van der Waals surface area (Å²) >= 11 is 11.8. The Kier molecular flexibility index (Phi) is 8.90. The lowest BCUT2D eigenvalue weighted by Crippen LogP contribution is -2.50. The highest BCUT2D eigenvalue weighted by Crippen LogP contribution is 2.33. The summed E-state index contributed by atoms with van der Waals surface area (Å²) in [5.41, 5.74) is 0.282. The predicted octanol–water partition coefficient (Wildman–Crippen LogP) is 5.88. The van der Waals surface area contributed by atoms with E-state index in [0.717, 1.165) is 6.42 Å². The van der Waals surface area contributed by atoms with Crippen molar-refractivity contribution in [2.24, 2.45) is 0 Å². The summed E-state index contributed by atoms with van der Waals surface area (Å²) in [7, 11) is -2.80. The van der Waals surface area contributed by atoms with E-state index in [9.17, 15) is 13.2 Å². The van der Waals surface area contributed by atoms with Gasteiger partial charge in [-0.3, -0.25) is 0 Å². The van der Waals surface area contributed by atoms with Gasteiger partial charge in [-0.2, -0.15) is 8.42 Å². The molecule has 2 rings (SSSR count). The lowest BCUT2D eigenvalue weighted by atomic mass is 10.1. The van der Waals surface area contributed by atoms with Gasteiger partial charge in [-0.1, -0.05) is 36.2 Å². The normalized spacial score (nSPS) is 12.7. The molecule has 0 heterocycles. The van der Waals surface area contributed by atoms with Crippen LogP contribution in [0.2, 0.25) is 10.0 Å². The van der Waals surface area contributed by atoms with Crippen molar-refractivity contribution in [1.29, 1.82) is 0 Å². The van der Waals surface area contributed by atoms with Gasteiger partial charge in [0.2, 0.25) is 0 Å². The molecule has 0 unspecified atom stereocenters. The van der Waals surface area contributed by atoms with Crippen molar-refractivity contribution < 1.29 is 22.1 Å². The number of amides is 2. The highest BCUT2D eigenvalue weighted by Gasteiger charge is 2.25. The molecule has 0 bridgehead atoms. The van der Waals surface area contributed by atoms with E-state index in [2.05, 4.69) is 5.32 Å². The molecule has 2 aromatic carbocycles. The summed E-state index contributed by atoms with van der Waals surface area (Å²) in [6.07, 6.45) is 0.753. The molecule has 1 atom stereocenters. The number of benzene rings is 2. The molecule has 2 amide bonds. The third-order valence-corrected chi connectivity index (χ3v) is 6.80. The third-order valence-electron chi connectivity index (χ3n) is 4.83. The predicted molar refractivity (Wildman–Crippen MR) is 131 cm³/mol. The number of nitrogens with zero attached hydrogens (tertiary/aromatic N) is 1. The van der Waals surface area contributed by atoms with E-state index >= 15 is 0 Å². The number of hydrogen-bond donors (Lipinski definition) is 1. The van der Waals surface area contributed by atoms with Crippen molar-refractivity contribution in [2.75, 3.05) is 7.11 Å². The Morgan fingerprint density at radius 1 is 1.09 bits per heavy atom. The second-order valence-corrected chi connectivity index (χ2v) is 11.0. The molecule has 10 heteroatoms. The van der Waals surface area contributed by atoms with Crippen molar-refractivity contribution in [2.45, 2.75) is 64.1 Å². The fourth-order valence-corrected chi connectivity index (χ4v) is 4.24. The van der Waals surface area contributed by atoms with Crippen molar-refractivity contribution in [3.05, 3.63) is 52.0 Å². The maximum absolute atomic E-state index is 12.9. The van der Waals surface area contributed by atoms with Crippen molar-refractivity contribution in [3.8, 4) is 11.5 Å². The SMILES string of the molecule is CC[C@@H](C)N(Cc1ccc(OC)c(OS(=O)(=O)c2ccc(Cl)c(Cl)c2)c1)C(=O)NC(C)(C)C. The van der Waals surface area contributed by atoms with Gasteiger partial charge in [0.05, 0.1) is 17.2 Å². The van der Waals surface area contributed by atoms with Crippen LogP contribution < -0.4 is 14.2 Å². The molecule has 0 spiro atoms.